The fourth-order valence-corrected chi connectivity index (χ4v) is 6.94. The summed E-state index contributed by atoms with van der Waals surface area (Å²) in [7, 11) is 2.95. The molecule has 1 saturated carbocycles. The lowest BCUT2D eigenvalue weighted by Crippen LogP contribution is -2.48. The highest BCUT2D eigenvalue weighted by atomic mass is 35.5. The number of carbonyl (C=O) groups excluding carboxylic acids is 3. The van der Waals surface area contributed by atoms with Crippen LogP contribution in [0.1, 0.15) is 69.6 Å². The molecular formula is C36H43Cl2N5O5. The molecule has 2 aromatic carbocycles. The lowest BCUT2D eigenvalue weighted by Gasteiger charge is -2.37. The average Bonchev–Trinajstić information content (AvgIpc) is 3.07. The number of nitrogens with one attached hydrogen (secondary N) is 1. The molecule has 1 aliphatic carbocycles. The molecule has 2 aliphatic rings. The second-order valence-corrected chi connectivity index (χ2v) is 12.6. The third-order valence-corrected chi connectivity index (χ3v) is 9.48. The third-order valence-electron chi connectivity index (χ3n) is 8.75. The molecular weight excluding hydrogens is 653 g/mol. The van der Waals surface area contributed by atoms with E-state index >= 15 is 0 Å². The van der Waals surface area contributed by atoms with Crippen LogP contribution in [0.3, 0.4) is 0 Å². The molecule has 1 fully saturated rings. The second kappa shape index (κ2) is 16.3. The molecule has 10 nitrogen and oxygen atoms in total. The summed E-state index contributed by atoms with van der Waals surface area (Å²) in [5.74, 6) is 1.69. The predicted molar refractivity (Wildman–Crippen MR) is 191 cm³/mol. The Bertz CT molecular complexity index is 1650. The first kappa shape index (κ1) is 36.7. The second-order valence-electron chi connectivity index (χ2n) is 11.8. The minimum atomic E-state index is -0.414. The number of rotatable bonds is 13. The molecule has 256 valence electrons. The van der Waals surface area contributed by atoms with Gasteiger partial charge in [-0.05, 0) is 36.0 Å². The minimum Gasteiger partial charge on any atom is -0.495 e. The van der Waals surface area contributed by atoms with Gasteiger partial charge in [-0.1, -0.05) is 81.2 Å². The van der Waals surface area contributed by atoms with Gasteiger partial charge in [-0.3, -0.25) is 19.4 Å². The van der Waals surface area contributed by atoms with Gasteiger partial charge in [-0.2, -0.15) is 4.98 Å². The van der Waals surface area contributed by atoms with Gasteiger partial charge < -0.3 is 14.8 Å². The Labute approximate surface area is 292 Å². The standard InChI is InChI=1S/C35H39Cl2N5O5.CH4/c1-5-25(43)15-21-10-9-11-22(14-21)19-42-33-24(18-38-34(40-33)39-27-13-8-7-12-23(27)16-26(44)6-2)20-41(35(42)45)32-30(36)28(46-3)17-29(47-4)31(32)37;/h6,9-11,14,17-18,23,27H,2,5,7-8,12-13,15-16,19-20H2,1,3-4H3,(H,38,39,40);1H4. The number of hydrogen-bond acceptors (Lipinski definition) is 8. The van der Waals surface area contributed by atoms with E-state index in [1.807, 2.05) is 31.2 Å². The zero-order valence-corrected chi connectivity index (χ0v) is 28.4. The van der Waals surface area contributed by atoms with E-state index < -0.39 is 6.03 Å². The van der Waals surface area contributed by atoms with Crippen LogP contribution in [-0.2, 0) is 29.1 Å². The Morgan fingerprint density at radius 3 is 2.44 bits per heavy atom. The van der Waals surface area contributed by atoms with Crippen molar-refractivity contribution in [2.75, 3.05) is 29.3 Å². The van der Waals surface area contributed by atoms with Crippen LogP contribution in [0.15, 0.2) is 49.2 Å². The molecule has 2 atom stereocenters. The van der Waals surface area contributed by atoms with E-state index in [1.165, 1.54) is 25.2 Å². The smallest absolute Gasteiger partial charge is 0.330 e. The molecule has 1 N–H and O–H groups in total. The topological polar surface area (TPSA) is 114 Å². The molecule has 0 radical (unpaired) electrons. The van der Waals surface area contributed by atoms with Crippen LogP contribution in [-0.4, -0.2) is 47.8 Å². The van der Waals surface area contributed by atoms with Crippen LogP contribution in [0.5, 0.6) is 11.5 Å². The third kappa shape index (κ3) is 7.93. The maximum atomic E-state index is 14.5. The van der Waals surface area contributed by atoms with E-state index in [0.29, 0.717) is 48.1 Å². The number of urea groups is 1. The van der Waals surface area contributed by atoms with E-state index in [0.717, 1.165) is 36.8 Å². The van der Waals surface area contributed by atoms with E-state index in [-0.39, 0.29) is 59.8 Å². The molecule has 2 amide bonds. The van der Waals surface area contributed by atoms with Crippen molar-refractivity contribution in [2.45, 2.75) is 78.4 Å². The largest absolute Gasteiger partial charge is 0.495 e. The molecule has 12 heteroatoms. The summed E-state index contributed by atoms with van der Waals surface area (Å²) in [5, 5.41) is 3.78. The van der Waals surface area contributed by atoms with E-state index in [9.17, 15) is 14.4 Å². The van der Waals surface area contributed by atoms with Crippen LogP contribution in [0.2, 0.25) is 10.0 Å². The molecule has 2 heterocycles. The average molecular weight is 697 g/mol. The molecule has 0 saturated heterocycles. The first-order valence-electron chi connectivity index (χ1n) is 15.7. The van der Waals surface area contributed by atoms with Crippen molar-refractivity contribution < 1.29 is 23.9 Å². The van der Waals surface area contributed by atoms with Crippen molar-refractivity contribution >= 4 is 58.3 Å². The van der Waals surface area contributed by atoms with E-state index in [4.69, 9.17) is 37.7 Å². The van der Waals surface area contributed by atoms with E-state index in [1.54, 1.807) is 17.2 Å². The Kier molecular flexibility index (Phi) is 12.5. The normalized spacial score (nSPS) is 17.2. The van der Waals surface area contributed by atoms with Crippen LogP contribution in [0, 0.1) is 5.92 Å². The monoisotopic (exact) mass is 695 g/mol. The maximum Gasteiger partial charge on any atom is 0.330 e. The fourth-order valence-electron chi connectivity index (χ4n) is 6.24. The summed E-state index contributed by atoms with van der Waals surface area (Å²) in [6.07, 6.45) is 8.12. The van der Waals surface area contributed by atoms with E-state index in [2.05, 4.69) is 16.9 Å². The number of ether oxygens (including phenoxy) is 2. The van der Waals surface area contributed by atoms with Crippen LogP contribution in [0.4, 0.5) is 22.2 Å². The number of anilines is 3. The molecule has 2 unspecified atom stereocenters. The molecule has 1 aliphatic heterocycles. The lowest BCUT2D eigenvalue weighted by atomic mass is 9.81. The van der Waals surface area contributed by atoms with Crippen LogP contribution in [0.25, 0.3) is 0 Å². The maximum absolute atomic E-state index is 14.5. The van der Waals surface area contributed by atoms with Gasteiger partial charge in [0.1, 0.15) is 33.1 Å². The van der Waals surface area contributed by atoms with Gasteiger partial charge in [-0.25, -0.2) is 9.78 Å². The number of fused-ring (bicyclic) bond motifs is 1. The number of halogens is 2. The highest BCUT2D eigenvalue weighted by molar-refractivity contribution is 6.42. The lowest BCUT2D eigenvalue weighted by molar-refractivity contribution is -0.118. The predicted octanol–water partition coefficient (Wildman–Crippen LogP) is 8.22. The highest BCUT2D eigenvalue weighted by Gasteiger charge is 2.37. The van der Waals surface area contributed by atoms with Gasteiger partial charge in [0.25, 0.3) is 0 Å². The van der Waals surface area contributed by atoms with Gasteiger partial charge >= 0.3 is 6.03 Å². The Morgan fingerprint density at radius 2 is 1.77 bits per heavy atom. The number of aromatic nitrogens is 2. The zero-order valence-electron chi connectivity index (χ0n) is 26.9. The first-order chi connectivity index (χ1) is 22.7. The summed E-state index contributed by atoms with van der Waals surface area (Å²) in [5.41, 5.74) is 2.59. The van der Waals surface area contributed by atoms with Crippen molar-refractivity contribution in [3.05, 3.63) is 75.9 Å². The molecule has 48 heavy (non-hydrogen) atoms. The van der Waals surface area contributed by atoms with Crippen molar-refractivity contribution in [2.24, 2.45) is 5.92 Å². The quantitative estimate of drug-likeness (QED) is 0.178. The van der Waals surface area contributed by atoms with Crippen molar-refractivity contribution in [3.63, 3.8) is 0 Å². The molecule has 0 spiro atoms. The van der Waals surface area contributed by atoms with Gasteiger partial charge in [0, 0.05) is 43.1 Å². The SMILES string of the molecule is C.C=CC(=O)CC1CCCCC1Nc1ncc2c(n1)N(Cc1cccc(CC(=O)CC)c1)C(=O)N(c1c(Cl)c(OC)cc(OC)c1Cl)C2. The summed E-state index contributed by atoms with van der Waals surface area (Å²) < 4.78 is 10.9. The number of methoxy groups -OCH3 is 2. The van der Waals surface area contributed by atoms with Gasteiger partial charge in [0.15, 0.2) is 5.78 Å². The number of Topliss-reactive ketones (excluding diaryl/α,β-unsaturated/α-hetero) is 1. The zero-order chi connectivity index (χ0) is 33.7. The summed E-state index contributed by atoms with van der Waals surface area (Å²) in [6, 6.07) is 8.77. The highest BCUT2D eigenvalue weighted by Crippen LogP contribution is 2.48. The van der Waals surface area contributed by atoms with Crippen molar-refractivity contribution in [3.8, 4) is 11.5 Å². The first-order valence-corrected chi connectivity index (χ1v) is 16.5. The molecule has 3 aromatic rings. The molecule has 1 aromatic heterocycles. The fraction of sp³-hybridized carbons (Fsp3) is 0.417. The molecule has 5 rings (SSSR count). The Balaban J connectivity index is 0.00000520. The Hall–Kier alpha value is -4.15. The van der Waals surface area contributed by atoms with Gasteiger partial charge in [0.05, 0.1) is 33.0 Å². The van der Waals surface area contributed by atoms with Crippen LogP contribution >= 0.6 is 23.2 Å². The summed E-state index contributed by atoms with van der Waals surface area (Å²) in [4.78, 5) is 51.4. The minimum absolute atomic E-state index is 0. The number of amides is 2. The van der Waals surface area contributed by atoms with Gasteiger partial charge in [-0.15, -0.1) is 0 Å². The number of benzene rings is 2. The Morgan fingerprint density at radius 1 is 1.08 bits per heavy atom. The van der Waals surface area contributed by atoms with Crippen LogP contribution < -0.4 is 24.6 Å². The number of nitrogens with zero attached hydrogens (tertiary/aromatic N) is 4. The van der Waals surface area contributed by atoms with Gasteiger partial charge in [0.2, 0.25) is 5.95 Å². The molecule has 0 bridgehead atoms. The number of allylic oxidation sites excluding steroid dienone is 1. The van der Waals surface area contributed by atoms with Crippen molar-refractivity contribution in [1.29, 1.82) is 0 Å². The number of hydrogen-bond donors (Lipinski definition) is 1. The summed E-state index contributed by atoms with van der Waals surface area (Å²) >= 11 is 13.5. The number of carbonyl (C=O) groups is 3. The summed E-state index contributed by atoms with van der Waals surface area (Å²) in [6.45, 7) is 5.72. The number of ketones is 2. The van der Waals surface area contributed by atoms with Crippen molar-refractivity contribution in [1.82, 2.24) is 9.97 Å².